The third-order valence-electron chi connectivity index (χ3n) is 5.78. The average molecular weight is 393 g/mol. The second kappa shape index (κ2) is 13.6. The molecule has 1 aromatic rings. The first-order chi connectivity index (χ1) is 13.6. The van der Waals surface area contributed by atoms with Gasteiger partial charge in [0.2, 0.25) is 6.41 Å². The molecule has 2 rings (SSSR count). The molecule has 0 bridgehead atoms. The van der Waals surface area contributed by atoms with Gasteiger partial charge in [-0.05, 0) is 68.7 Å². The Hall–Kier alpha value is -1.58. The standard InChI is InChI=1S/C22H35FN2O.C2H6/c1-4-6-9-21(5-2)25(17-26)14-12-19-8-7-13-24(16-19)22-11-10-20(23)15-18(22)3;1-2/h10-11,15,17,19,21H,4-9,12-14,16H2,1-3H3;1-2H3. The molecule has 0 saturated carbocycles. The number of benzene rings is 1. The number of amides is 1. The van der Waals surface area contributed by atoms with E-state index in [1.807, 2.05) is 31.7 Å². The fraction of sp³-hybridized carbons (Fsp3) is 0.708. The number of hydrogen-bond donors (Lipinski definition) is 0. The van der Waals surface area contributed by atoms with Crippen molar-refractivity contribution in [1.82, 2.24) is 4.90 Å². The van der Waals surface area contributed by atoms with Crippen LogP contribution in [0.3, 0.4) is 0 Å². The molecule has 1 aliphatic rings. The number of hydrogen-bond acceptors (Lipinski definition) is 2. The highest BCUT2D eigenvalue weighted by molar-refractivity contribution is 5.53. The molecule has 0 aromatic heterocycles. The summed E-state index contributed by atoms with van der Waals surface area (Å²) in [6, 6.07) is 5.46. The Morgan fingerprint density at radius 2 is 2.07 bits per heavy atom. The first-order valence-corrected chi connectivity index (χ1v) is 11.3. The molecule has 3 nitrogen and oxygen atoms in total. The third-order valence-corrected chi connectivity index (χ3v) is 5.78. The minimum atomic E-state index is -0.167. The Balaban J connectivity index is 0.00000190. The zero-order valence-corrected chi connectivity index (χ0v) is 18.7. The van der Waals surface area contributed by atoms with Crippen molar-refractivity contribution in [3.8, 4) is 0 Å². The van der Waals surface area contributed by atoms with Crippen molar-refractivity contribution >= 4 is 12.1 Å². The van der Waals surface area contributed by atoms with E-state index < -0.39 is 0 Å². The largest absolute Gasteiger partial charge is 0.371 e. The maximum Gasteiger partial charge on any atom is 0.209 e. The lowest BCUT2D eigenvalue weighted by molar-refractivity contribution is -0.120. The van der Waals surface area contributed by atoms with Crippen molar-refractivity contribution in [2.75, 3.05) is 24.5 Å². The molecule has 1 aliphatic heterocycles. The van der Waals surface area contributed by atoms with E-state index in [1.165, 1.54) is 19.3 Å². The van der Waals surface area contributed by atoms with E-state index in [-0.39, 0.29) is 5.82 Å². The minimum absolute atomic E-state index is 0.167. The Morgan fingerprint density at radius 1 is 1.32 bits per heavy atom. The topological polar surface area (TPSA) is 23.6 Å². The molecule has 1 aromatic carbocycles. The summed E-state index contributed by atoms with van der Waals surface area (Å²) in [6.45, 7) is 13.3. The lowest BCUT2D eigenvalue weighted by Gasteiger charge is -2.36. The normalized spacial score (nSPS) is 17.5. The van der Waals surface area contributed by atoms with Crippen LogP contribution in [0.1, 0.15) is 78.2 Å². The van der Waals surface area contributed by atoms with Crippen LogP contribution < -0.4 is 4.90 Å². The van der Waals surface area contributed by atoms with Crippen LogP contribution in [0.2, 0.25) is 0 Å². The molecule has 2 atom stereocenters. The highest BCUT2D eigenvalue weighted by atomic mass is 19.1. The molecule has 28 heavy (non-hydrogen) atoms. The van der Waals surface area contributed by atoms with Gasteiger partial charge in [0.25, 0.3) is 0 Å². The molecular formula is C24H41FN2O. The number of carbonyl (C=O) groups excluding carboxylic acids is 1. The molecule has 1 amide bonds. The highest BCUT2D eigenvalue weighted by Crippen LogP contribution is 2.28. The summed E-state index contributed by atoms with van der Waals surface area (Å²) in [5.74, 6) is 0.429. The summed E-state index contributed by atoms with van der Waals surface area (Å²) in [5, 5.41) is 0. The molecule has 1 fully saturated rings. The van der Waals surface area contributed by atoms with Crippen LogP contribution in [0, 0.1) is 18.7 Å². The molecular weight excluding hydrogens is 351 g/mol. The van der Waals surface area contributed by atoms with E-state index in [2.05, 4.69) is 18.7 Å². The summed E-state index contributed by atoms with van der Waals surface area (Å²) in [4.78, 5) is 16.0. The zero-order chi connectivity index (χ0) is 20.9. The van der Waals surface area contributed by atoms with E-state index in [4.69, 9.17) is 0 Å². The van der Waals surface area contributed by atoms with Gasteiger partial charge in [-0.2, -0.15) is 0 Å². The number of halogens is 1. The van der Waals surface area contributed by atoms with Gasteiger partial charge in [-0.25, -0.2) is 4.39 Å². The van der Waals surface area contributed by atoms with Crippen LogP contribution in [0.4, 0.5) is 10.1 Å². The molecule has 0 N–H and O–H groups in total. The second-order valence-electron chi connectivity index (χ2n) is 7.72. The van der Waals surface area contributed by atoms with Crippen LogP contribution in [0.25, 0.3) is 0 Å². The van der Waals surface area contributed by atoms with Crippen LogP contribution >= 0.6 is 0 Å². The fourth-order valence-corrected chi connectivity index (χ4v) is 4.19. The van der Waals surface area contributed by atoms with Gasteiger partial charge >= 0.3 is 0 Å². The van der Waals surface area contributed by atoms with Gasteiger partial charge in [-0.1, -0.05) is 40.5 Å². The second-order valence-corrected chi connectivity index (χ2v) is 7.72. The molecule has 1 saturated heterocycles. The van der Waals surface area contributed by atoms with E-state index in [0.29, 0.717) is 12.0 Å². The number of nitrogens with zero attached hydrogens (tertiary/aromatic N) is 2. The van der Waals surface area contributed by atoms with Gasteiger partial charge in [0.15, 0.2) is 0 Å². The van der Waals surface area contributed by atoms with Crippen molar-refractivity contribution in [3.05, 3.63) is 29.6 Å². The van der Waals surface area contributed by atoms with Crippen molar-refractivity contribution in [1.29, 1.82) is 0 Å². The monoisotopic (exact) mass is 392 g/mol. The molecule has 0 aliphatic carbocycles. The summed E-state index contributed by atoms with van der Waals surface area (Å²) in [5.41, 5.74) is 2.16. The first kappa shape index (κ1) is 24.5. The Morgan fingerprint density at radius 3 is 2.68 bits per heavy atom. The molecule has 160 valence electrons. The number of anilines is 1. The van der Waals surface area contributed by atoms with Crippen molar-refractivity contribution < 1.29 is 9.18 Å². The van der Waals surface area contributed by atoms with Crippen molar-refractivity contribution in [3.63, 3.8) is 0 Å². The lowest BCUT2D eigenvalue weighted by atomic mass is 9.93. The van der Waals surface area contributed by atoms with Crippen LogP contribution in [0.15, 0.2) is 18.2 Å². The molecule has 0 spiro atoms. The molecule has 2 unspecified atom stereocenters. The van der Waals surface area contributed by atoms with Crippen LogP contribution in [-0.4, -0.2) is 37.0 Å². The van der Waals surface area contributed by atoms with Gasteiger partial charge in [0.05, 0.1) is 0 Å². The smallest absolute Gasteiger partial charge is 0.209 e. The number of unbranched alkanes of at least 4 members (excludes halogenated alkanes) is 1. The van der Waals surface area contributed by atoms with Gasteiger partial charge < -0.3 is 9.80 Å². The van der Waals surface area contributed by atoms with E-state index in [9.17, 15) is 9.18 Å². The van der Waals surface area contributed by atoms with Crippen LogP contribution in [0.5, 0.6) is 0 Å². The van der Waals surface area contributed by atoms with Crippen molar-refractivity contribution in [2.24, 2.45) is 5.92 Å². The quantitative estimate of drug-likeness (QED) is 0.443. The van der Waals surface area contributed by atoms with E-state index in [1.54, 1.807) is 12.1 Å². The summed E-state index contributed by atoms with van der Waals surface area (Å²) >= 11 is 0. The number of rotatable bonds is 10. The first-order valence-electron chi connectivity index (χ1n) is 11.3. The SMILES string of the molecule is CC.CCCCC(CC)N(C=O)CCC1CCCN(c2ccc(F)cc2C)C1. The number of piperidine rings is 1. The molecule has 1 heterocycles. The molecule has 4 heteroatoms. The van der Waals surface area contributed by atoms with E-state index >= 15 is 0 Å². The fourth-order valence-electron chi connectivity index (χ4n) is 4.19. The molecule has 0 radical (unpaired) electrons. The maximum absolute atomic E-state index is 13.4. The minimum Gasteiger partial charge on any atom is -0.371 e. The van der Waals surface area contributed by atoms with Gasteiger partial charge in [0, 0.05) is 31.4 Å². The summed E-state index contributed by atoms with van der Waals surface area (Å²) < 4.78 is 13.4. The predicted octanol–water partition coefficient (Wildman–Crippen LogP) is 6.19. The highest BCUT2D eigenvalue weighted by Gasteiger charge is 2.23. The Bertz CT molecular complexity index is 564. The van der Waals surface area contributed by atoms with Crippen molar-refractivity contribution in [2.45, 2.75) is 85.6 Å². The summed E-state index contributed by atoms with van der Waals surface area (Å²) in [6.07, 6.45) is 8.99. The number of aryl methyl sites for hydroxylation is 1. The Labute approximate surface area is 172 Å². The van der Waals surface area contributed by atoms with Crippen LogP contribution in [-0.2, 0) is 4.79 Å². The number of carbonyl (C=O) groups is 1. The maximum atomic E-state index is 13.4. The average Bonchev–Trinajstić information content (AvgIpc) is 2.72. The van der Waals surface area contributed by atoms with Gasteiger partial charge in [-0.3, -0.25) is 4.79 Å². The zero-order valence-electron chi connectivity index (χ0n) is 18.7. The Kier molecular flexibility index (Phi) is 11.9. The van der Waals surface area contributed by atoms with Gasteiger partial charge in [-0.15, -0.1) is 0 Å². The predicted molar refractivity (Wildman–Crippen MR) is 118 cm³/mol. The lowest BCUT2D eigenvalue weighted by Crippen LogP contribution is -2.39. The third kappa shape index (κ3) is 7.44. The summed E-state index contributed by atoms with van der Waals surface area (Å²) in [7, 11) is 0. The van der Waals surface area contributed by atoms with Gasteiger partial charge in [0.1, 0.15) is 5.82 Å². The van der Waals surface area contributed by atoms with E-state index in [0.717, 1.165) is 63.0 Å².